The standard InChI is InChI=1S/C66H69N3O/c1-41-20-18-21-42(2)59(41)46-32-33-67-56(38-46)48-34-47(35-50(36-48)64(6,7)8)52-24-19-25-58-60(52)68-62(54-39-51(65(9,10)11)40-55(61(54)70)66(12,13)14)69(58)57-31-28-45(37-53(57)44-22-16-15-17-23-44)43-26-29-49(30-27-43)63(3,4)5/h15-40,70H,1-14H3/i3D3,4D3,5D3. The van der Waals surface area contributed by atoms with Crippen LogP contribution in [0, 0.1) is 13.8 Å². The third-order valence-electron chi connectivity index (χ3n) is 13.6. The Balaban J connectivity index is 1.33. The second-order valence-corrected chi connectivity index (χ2v) is 22.0. The van der Waals surface area contributed by atoms with Crippen LogP contribution in [0.1, 0.15) is 129 Å². The number of aromatic hydroxyl groups is 1. The Hall–Kier alpha value is -7.04. The monoisotopic (exact) mass is 929 g/mol. The number of para-hydroxylation sites is 1. The molecule has 0 radical (unpaired) electrons. The van der Waals surface area contributed by atoms with E-state index < -0.39 is 31.4 Å². The molecular weight excluding hydrogens is 851 g/mol. The first-order chi connectivity index (χ1) is 36.7. The molecule has 4 nitrogen and oxygen atoms in total. The molecule has 0 amide bonds. The van der Waals surface area contributed by atoms with Crippen LogP contribution in [-0.2, 0) is 21.7 Å². The van der Waals surface area contributed by atoms with E-state index in [1.807, 2.05) is 60.8 Å². The average Bonchev–Trinajstić information content (AvgIpc) is 3.86. The van der Waals surface area contributed by atoms with Crippen LogP contribution in [0.3, 0.4) is 0 Å². The summed E-state index contributed by atoms with van der Waals surface area (Å²) >= 11 is 0. The van der Waals surface area contributed by atoms with Crippen LogP contribution >= 0.6 is 0 Å². The first-order valence-electron chi connectivity index (χ1n) is 28.6. The highest BCUT2D eigenvalue weighted by molar-refractivity contribution is 5.98. The third-order valence-corrected chi connectivity index (χ3v) is 13.6. The molecule has 4 heteroatoms. The minimum Gasteiger partial charge on any atom is -0.507 e. The molecule has 0 spiro atoms. The Morgan fingerprint density at radius 1 is 0.471 bits per heavy atom. The second kappa shape index (κ2) is 17.7. The van der Waals surface area contributed by atoms with Crippen LogP contribution in [0.15, 0.2) is 158 Å². The zero-order chi connectivity index (χ0) is 57.6. The molecule has 9 rings (SSSR count). The first kappa shape index (κ1) is 37.8. The number of aryl methyl sites for hydroxylation is 2. The lowest BCUT2D eigenvalue weighted by Gasteiger charge is -2.27. The van der Waals surface area contributed by atoms with E-state index in [2.05, 4.69) is 154 Å². The van der Waals surface area contributed by atoms with Gasteiger partial charge in [0.25, 0.3) is 0 Å². The van der Waals surface area contributed by atoms with Crippen molar-refractivity contribution in [2.45, 2.75) is 118 Å². The number of benzene rings is 7. The van der Waals surface area contributed by atoms with Gasteiger partial charge in [-0.3, -0.25) is 9.55 Å². The van der Waals surface area contributed by atoms with Crippen molar-refractivity contribution >= 4 is 11.0 Å². The SMILES string of the molecule is [2H]C([2H])([2H])C(c1ccc(-c2ccc(-n3c(-c4cc(C(C)(C)C)cc(C(C)(C)C)c4O)nc4c(-c5cc(-c6cc(-c7c(C)cccc7C)ccn6)cc(C(C)(C)C)c5)cccc43)c(-c3ccccc3)c2)cc1)(C([2H])([2H])[2H])C([2H])([2H])[2H]. The molecule has 0 aliphatic rings. The summed E-state index contributed by atoms with van der Waals surface area (Å²) in [6, 6.07) is 49.3. The highest BCUT2D eigenvalue weighted by atomic mass is 16.3. The van der Waals surface area contributed by atoms with Gasteiger partial charge in [0.15, 0.2) is 0 Å². The molecule has 1 N–H and O–H groups in total. The molecule has 9 aromatic rings. The molecular formula is C66H69N3O. The highest BCUT2D eigenvalue weighted by Crippen LogP contribution is 2.46. The summed E-state index contributed by atoms with van der Waals surface area (Å²) in [5.41, 5.74) is 12.6. The minimum absolute atomic E-state index is 0.130. The second-order valence-electron chi connectivity index (χ2n) is 22.0. The molecule has 0 fully saturated rings. The van der Waals surface area contributed by atoms with Crippen LogP contribution in [-0.4, -0.2) is 19.6 Å². The molecule has 2 aromatic heterocycles. The maximum atomic E-state index is 12.7. The van der Waals surface area contributed by atoms with Crippen molar-refractivity contribution in [3.63, 3.8) is 0 Å². The van der Waals surface area contributed by atoms with Gasteiger partial charge in [-0.25, -0.2) is 4.98 Å². The van der Waals surface area contributed by atoms with Crippen molar-refractivity contribution in [2.24, 2.45) is 0 Å². The van der Waals surface area contributed by atoms with Gasteiger partial charge in [0, 0.05) is 40.8 Å². The molecule has 0 saturated carbocycles. The summed E-state index contributed by atoms with van der Waals surface area (Å²) in [6.07, 6.45) is 1.88. The number of nitrogens with zero attached hydrogens (tertiary/aromatic N) is 3. The van der Waals surface area contributed by atoms with Crippen molar-refractivity contribution in [3.8, 4) is 78.6 Å². The summed E-state index contributed by atoms with van der Waals surface area (Å²) in [6.45, 7) is 13.5. The lowest BCUT2D eigenvalue weighted by Crippen LogP contribution is -2.17. The Morgan fingerprint density at radius 2 is 1.11 bits per heavy atom. The number of aromatic nitrogens is 3. The molecule has 0 bridgehead atoms. The van der Waals surface area contributed by atoms with Gasteiger partial charge in [0.1, 0.15) is 11.6 Å². The van der Waals surface area contributed by atoms with E-state index >= 15 is 0 Å². The Bertz CT molecular complexity index is 3710. The fourth-order valence-electron chi connectivity index (χ4n) is 9.62. The zero-order valence-corrected chi connectivity index (χ0v) is 42.3. The average molecular weight is 929 g/mol. The van der Waals surface area contributed by atoms with Gasteiger partial charge < -0.3 is 5.11 Å². The predicted octanol–water partition coefficient (Wildman–Crippen LogP) is 17.9. The van der Waals surface area contributed by atoms with Crippen molar-refractivity contribution in [1.82, 2.24) is 14.5 Å². The molecule has 7 aromatic carbocycles. The molecule has 0 unspecified atom stereocenters. The van der Waals surface area contributed by atoms with Crippen LogP contribution in [0.25, 0.3) is 83.9 Å². The Labute approximate surface area is 429 Å². The number of phenolic OH excluding ortho intramolecular Hbond substituents is 1. The van der Waals surface area contributed by atoms with E-state index in [-0.39, 0.29) is 22.1 Å². The molecule has 0 atom stereocenters. The number of rotatable bonds is 7. The van der Waals surface area contributed by atoms with E-state index in [1.165, 1.54) is 28.8 Å². The van der Waals surface area contributed by atoms with E-state index in [0.717, 1.165) is 67.0 Å². The number of pyridine rings is 1. The fourth-order valence-corrected chi connectivity index (χ4v) is 9.62. The maximum absolute atomic E-state index is 12.7. The van der Waals surface area contributed by atoms with Gasteiger partial charge in [-0.2, -0.15) is 0 Å². The normalized spacial score (nSPS) is 14.9. The number of hydrogen-bond acceptors (Lipinski definition) is 3. The van der Waals surface area contributed by atoms with Crippen LogP contribution in [0.4, 0.5) is 0 Å². The predicted molar refractivity (Wildman–Crippen MR) is 297 cm³/mol. The zero-order valence-electron chi connectivity index (χ0n) is 51.3. The number of phenols is 1. The van der Waals surface area contributed by atoms with E-state index in [9.17, 15) is 5.11 Å². The molecule has 0 saturated heterocycles. The Kier molecular flexibility index (Phi) is 9.58. The highest BCUT2D eigenvalue weighted by Gasteiger charge is 2.30. The van der Waals surface area contributed by atoms with Gasteiger partial charge in [-0.05, 0) is 145 Å². The summed E-state index contributed by atoms with van der Waals surface area (Å²) in [7, 11) is 0. The molecule has 354 valence electrons. The van der Waals surface area contributed by atoms with Crippen LogP contribution in [0.5, 0.6) is 5.75 Å². The van der Waals surface area contributed by atoms with Crippen molar-refractivity contribution < 1.29 is 17.4 Å². The van der Waals surface area contributed by atoms with Gasteiger partial charge in [0.05, 0.1) is 28.0 Å². The summed E-state index contributed by atoms with van der Waals surface area (Å²) in [5, 5.41) is 12.7. The van der Waals surface area contributed by atoms with Crippen molar-refractivity contribution in [2.75, 3.05) is 0 Å². The third kappa shape index (κ3) is 9.25. The first-order valence-corrected chi connectivity index (χ1v) is 24.1. The smallest absolute Gasteiger partial charge is 0.149 e. The fraction of sp³-hybridized carbons (Fsp3) is 0.273. The van der Waals surface area contributed by atoms with E-state index in [1.54, 1.807) is 12.1 Å². The summed E-state index contributed by atoms with van der Waals surface area (Å²) < 4.78 is 77.1. The number of hydrogen-bond donors (Lipinski definition) is 1. The molecule has 0 aliphatic carbocycles. The van der Waals surface area contributed by atoms with Gasteiger partial charge >= 0.3 is 0 Å². The topological polar surface area (TPSA) is 50.9 Å². The van der Waals surface area contributed by atoms with Gasteiger partial charge in [-0.1, -0.05) is 186 Å². The lowest BCUT2D eigenvalue weighted by atomic mass is 9.79. The van der Waals surface area contributed by atoms with Gasteiger partial charge in [0.2, 0.25) is 0 Å². The summed E-state index contributed by atoms with van der Waals surface area (Å²) in [4.78, 5) is 10.6. The van der Waals surface area contributed by atoms with Crippen molar-refractivity contribution in [1.29, 1.82) is 0 Å². The van der Waals surface area contributed by atoms with Gasteiger partial charge in [-0.15, -0.1) is 0 Å². The molecule has 0 aliphatic heterocycles. The van der Waals surface area contributed by atoms with Crippen LogP contribution in [0.2, 0.25) is 0 Å². The Morgan fingerprint density at radius 3 is 1.77 bits per heavy atom. The van der Waals surface area contributed by atoms with E-state index in [4.69, 9.17) is 22.3 Å². The van der Waals surface area contributed by atoms with Crippen molar-refractivity contribution in [3.05, 3.63) is 191 Å². The minimum atomic E-state index is -3.39. The largest absolute Gasteiger partial charge is 0.507 e. The summed E-state index contributed by atoms with van der Waals surface area (Å²) in [5.74, 6) is 0.655. The molecule has 2 heterocycles. The lowest BCUT2D eigenvalue weighted by molar-refractivity contribution is 0.446. The number of fused-ring (bicyclic) bond motifs is 1. The maximum Gasteiger partial charge on any atom is 0.149 e. The molecule has 70 heavy (non-hydrogen) atoms. The number of imidazole rings is 1. The van der Waals surface area contributed by atoms with E-state index in [0.29, 0.717) is 28.0 Å². The van der Waals surface area contributed by atoms with Crippen LogP contribution < -0.4 is 0 Å². The quantitative estimate of drug-likeness (QED) is 0.173.